The van der Waals surface area contributed by atoms with Gasteiger partial charge in [-0.1, -0.05) is 38.3 Å². The van der Waals surface area contributed by atoms with Crippen LogP contribution in [0.15, 0.2) is 37.0 Å². The first-order valence-corrected chi connectivity index (χ1v) is 3.99. The first kappa shape index (κ1) is 10.7. The minimum Gasteiger partial charge on any atom is -0.352 e. The van der Waals surface area contributed by atoms with Crippen molar-refractivity contribution in [2.75, 3.05) is 6.54 Å². The SMILES string of the molecule is C=C/C=C(\C=C)C(=O)NCCC. The standard InChI is InChI=1S/C10H15NO/c1-4-7-9(6-3)10(12)11-8-5-2/h4,6-7H,1,3,5,8H2,2H3,(H,11,12)/b9-7+. The van der Waals surface area contributed by atoms with Crippen LogP contribution in [0.3, 0.4) is 0 Å². The fraction of sp³-hybridized carbons (Fsp3) is 0.300. The Morgan fingerprint density at radius 1 is 1.50 bits per heavy atom. The van der Waals surface area contributed by atoms with E-state index in [-0.39, 0.29) is 5.91 Å². The van der Waals surface area contributed by atoms with E-state index in [1.165, 1.54) is 6.08 Å². The molecule has 2 nitrogen and oxygen atoms in total. The number of hydrogen-bond donors (Lipinski definition) is 1. The molecule has 0 rings (SSSR count). The summed E-state index contributed by atoms with van der Waals surface area (Å²) < 4.78 is 0. The lowest BCUT2D eigenvalue weighted by Gasteiger charge is -2.02. The molecule has 0 saturated heterocycles. The maximum Gasteiger partial charge on any atom is 0.251 e. The summed E-state index contributed by atoms with van der Waals surface area (Å²) in [5, 5.41) is 2.74. The monoisotopic (exact) mass is 165 g/mol. The number of amides is 1. The van der Waals surface area contributed by atoms with Crippen LogP contribution in [0.25, 0.3) is 0 Å². The number of allylic oxidation sites excluding steroid dienone is 2. The van der Waals surface area contributed by atoms with Crippen LogP contribution in [0.2, 0.25) is 0 Å². The number of nitrogens with one attached hydrogen (secondary N) is 1. The van der Waals surface area contributed by atoms with Crippen LogP contribution >= 0.6 is 0 Å². The zero-order valence-corrected chi connectivity index (χ0v) is 7.47. The molecule has 2 heteroatoms. The summed E-state index contributed by atoms with van der Waals surface area (Å²) in [6.45, 7) is 9.74. The average molecular weight is 165 g/mol. The topological polar surface area (TPSA) is 29.1 Å². The van der Waals surface area contributed by atoms with Gasteiger partial charge in [0.05, 0.1) is 0 Å². The second-order valence-electron chi connectivity index (χ2n) is 2.32. The molecule has 0 aliphatic heterocycles. The van der Waals surface area contributed by atoms with E-state index in [1.807, 2.05) is 6.92 Å². The Balaban J connectivity index is 4.12. The van der Waals surface area contributed by atoms with Gasteiger partial charge in [-0.2, -0.15) is 0 Å². The molecule has 0 aromatic carbocycles. The highest BCUT2D eigenvalue weighted by Gasteiger charge is 2.01. The van der Waals surface area contributed by atoms with E-state index in [0.29, 0.717) is 12.1 Å². The van der Waals surface area contributed by atoms with Gasteiger partial charge < -0.3 is 5.32 Å². The normalized spacial score (nSPS) is 10.6. The lowest BCUT2D eigenvalue weighted by Crippen LogP contribution is -2.24. The van der Waals surface area contributed by atoms with Crippen molar-refractivity contribution >= 4 is 5.91 Å². The summed E-state index contributed by atoms with van der Waals surface area (Å²) in [6, 6.07) is 0. The highest BCUT2D eigenvalue weighted by Crippen LogP contribution is 1.95. The van der Waals surface area contributed by atoms with Crippen LogP contribution in [0.5, 0.6) is 0 Å². The minimum atomic E-state index is -0.0910. The van der Waals surface area contributed by atoms with E-state index in [4.69, 9.17) is 0 Å². The van der Waals surface area contributed by atoms with Gasteiger partial charge in [-0.05, 0) is 6.42 Å². The van der Waals surface area contributed by atoms with Gasteiger partial charge in [-0.15, -0.1) is 0 Å². The molecule has 0 radical (unpaired) electrons. The van der Waals surface area contributed by atoms with Crippen molar-refractivity contribution in [3.05, 3.63) is 37.0 Å². The Bertz CT molecular complexity index is 204. The van der Waals surface area contributed by atoms with E-state index in [2.05, 4.69) is 18.5 Å². The molecule has 0 saturated carbocycles. The van der Waals surface area contributed by atoms with E-state index >= 15 is 0 Å². The smallest absolute Gasteiger partial charge is 0.251 e. The molecule has 0 aromatic rings. The Hall–Kier alpha value is -1.31. The van der Waals surface area contributed by atoms with Gasteiger partial charge in [0.25, 0.3) is 5.91 Å². The fourth-order valence-electron chi connectivity index (χ4n) is 0.704. The molecule has 0 heterocycles. The minimum absolute atomic E-state index is 0.0910. The number of carbonyl (C=O) groups is 1. The van der Waals surface area contributed by atoms with Crippen LogP contribution < -0.4 is 5.32 Å². The van der Waals surface area contributed by atoms with Crippen molar-refractivity contribution < 1.29 is 4.79 Å². The molecule has 0 bridgehead atoms. The summed E-state index contributed by atoms with van der Waals surface area (Å²) in [5.74, 6) is -0.0910. The van der Waals surface area contributed by atoms with Crippen molar-refractivity contribution in [3.63, 3.8) is 0 Å². The Labute approximate surface area is 73.7 Å². The molecule has 1 N–H and O–H groups in total. The van der Waals surface area contributed by atoms with Gasteiger partial charge in [0.2, 0.25) is 0 Å². The number of carbonyl (C=O) groups excluding carboxylic acids is 1. The van der Waals surface area contributed by atoms with Crippen LogP contribution in [-0.4, -0.2) is 12.5 Å². The third kappa shape index (κ3) is 3.76. The van der Waals surface area contributed by atoms with Gasteiger partial charge in [-0.3, -0.25) is 4.79 Å². The number of hydrogen-bond acceptors (Lipinski definition) is 1. The first-order valence-electron chi connectivity index (χ1n) is 3.99. The molecule has 0 spiro atoms. The maximum absolute atomic E-state index is 11.2. The Morgan fingerprint density at radius 2 is 2.17 bits per heavy atom. The summed E-state index contributed by atoms with van der Waals surface area (Å²) in [5.41, 5.74) is 0.554. The molecular weight excluding hydrogens is 150 g/mol. The molecule has 66 valence electrons. The van der Waals surface area contributed by atoms with Gasteiger partial charge in [-0.25, -0.2) is 0 Å². The van der Waals surface area contributed by atoms with Crippen LogP contribution in [0, 0.1) is 0 Å². The molecular formula is C10H15NO. The maximum atomic E-state index is 11.2. The van der Waals surface area contributed by atoms with Gasteiger partial charge in [0.15, 0.2) is 0 Å². The van der Waals surface area contributed by atoms with Crippen molar-refractivity contribution in [1.29, 1.82) is 0 Å². The molecule has 0 fully saturated rings. The second kappa shape index (κ2) is 6.40. The van der Waals surface area contributed by atoms with Crippen LogP contribution in [-0.2, 0) is 4.79 Å². The summed E-state index contributed by atoms with van der Waals surface area (Å²) in [7, 11) is 0. The van der Waals surface area contributed by atoms with Crippen LogP contribution in [0.4, 0.5) is 0 Å². The summed E-state index contributed by atoms with van der Waals surface area (Å²) in [6.07, 6.45) is 5.66. The van der Waals surface area contributed by atoms with Gasteiger partial charge >= 0.3 is 0 Å². The highest BCUT2D eigenvalue weighted by molar-refractivity contribution is 5.96. The molecule has 1 amide bonds. The van der Waals surface area contributed by atoms with Gasteiger partial charge in [0, 0.05) is 12.1 Å². The molecule has 0 aliphatic rings. The van der Waals surface area contributed by atoms with Gasteiger partial charge in [0.1, 0.15) is 0 Å². The predicted molar refractivity (Wildman–Crippen MR) is 51.8 cm³/mol. The molecule has 0 aromatic heterocycles. The van der Waals surface area contributed by atoms with Crippen molar-refractivity contribution in [3.8, 4) is 0 Å². The lowest BCUT2D eigenvalue weighted by atomic mass is 10.2. The molecule has 0 atom stereocenters. The van der Waals surface area contributed by atoms with E-state index in [9.17, 15) is 4.79 Å². The highest BCUT2D eigenvalue weighted by atomic mass is 16.1. The predicted octanol–water partition coefficient (Wildman–Crippen LogP) is 1.81. The Kier molecular flexibility index (Phi) is 5.70. The average Bonchev–Trinajstić information content (AvgIpc) is 2.10. The van der Waals surface area contributed by atoms with E-state index < -0.39 is 0 Å². The molecule has 12 heavy (non-hydrogen) atoms. The lowest BCUT2D eigenvalue weighted by molar-refractivity contribution is -0.117. The van der Waals surface area contributed by atoms with Crippen LogP contribution in [0.1, 0.15) is 13.3 Å². The fourth-order valence-corrected chi connectivity index (χ4v) is 0.704. The molecule has 0 unspecified atom stereocenters. The third-order valence-electron chi connectivity index (χ3n) is 1.32. The van der Waals surface area contributed by atoms with Crippen molar-refractivity contribution in [1.82, 2.24) is 5.32 Å². The zero-order valence-electron chi connectivity index (χ0n) is 7.47. The quantitative estimate of drug-likeness (QED) is 0.488. The van der Waals surface area contributed by atoms with Crippen molar-refractivity contribution in [2.24, 2.45) is 0 Å². The zero-order chi connectivity index (χ0) is 9.40. The van der Waals surface area contributed by atoms with E-state index in [0.717, 1.165) is 6.42 Å². The first-order chi connectivity index (χ1) is 5.76. The number of rotatable bonds is 5. The Morgan fingerprint density at radius 3 is 2.58 bits per heavy atom. The second-order valence-corrected chi connectivity index (χ2v) is 2.32. The largest absolute Gasteiger partial charge is 0.352 e. The molecule has 0 aliphatic carbocycles. The third-order valence-corrected chi connectivity index (χ3v) is 1.32. The summed E-state index contributed by atoms with van der Waals surface area (Å²) >= 11 is 0. The summed E-state index contributed by atoms with van der Waals surface area (Å²) in [4.78, 5) is 11.2. The van der Waals surface area contributed by atoms with E-state index in [1.54, 1.807) is 12.2 Å². The van der Waals surface area contributed by atoms with Crippen molar-refractivity contribution in [2.45, 2.75) is 13.3 Å².